The van der Waals surface area contributed by atoms with Crippen LogP contribution in [0.4, 0.5) is 11.9 Å². The van der Waals surface area contributed by atoms with Gasteiger partial charge in [-0.2, -0.15) is 4.98 Å². The molecule has 1 aliphatic heterocycles. The van der Waals surface area contributed by atoms with Gasteiger partial charge in [0.1, 0.15) is 5.75 Å². The van der Waals surface area contributed by atoms with E-state index in [0.29, 0.717) is 5.95 Å². The van der Waals surface area contributed by atoms with E-state index in [1.165, 1.54) is 0 Å². The highest BCUT2D eigenvalue weighted by molar-refractivity contribution is 5.89. The molecule has 0 unspecified atom stereocenters. The molecule has 2 aromatic carbocycles. The standard InChI is InChI=1S/C23H25N5O4/c1-32-17-12-10-15(11-13-17)18-14-19(16-6-3-2-4-7-16)28-23(24-18)26-22(27-28)25-20(29)8-5-9-21(30)31/h2-4,6-7,10-13,18-19H,5,8-9,14H2,1H3,(H,30,31)(H2,24,25,26,27,29)/t18-,19-/m0/s1. The molecule has 4 rings (SSSR count). The van der Waals surface area contributed by atoms with Crippen molar-refractivity contribution >= 4 is 23.8 Å². The zero-order valence-corrected chi connectivity index (χ0v) is 17.7. The van der Waals surface area contributed by atoms with Crippen molar-refractivity contribution in [2.75, 3.05) is 17.7 Å². The van der Waals surface area contributed by atoms with Gasteiger partial charge >= 0.3 is 5.97 Å². The summed E-state index contributed by atoms with van der Waals surface area (Å²) in [5.74, 6) is 0.321. The van der Waals surface area contributed by atoms with E-state index in [2.05, 4.69) is 32.8 Å². The van der Waals surface area contributed by atoms with Gasteiger partial charge in [-0.1, -0.05) is 42.5 Å². The predicted octanol–water partition coefficient (Wildman–Crippen LogP) is 3.63. The molecular formula is C23H25N5O4. The first kappa shape index (κ1) is 21.4. The Labute approximate surface area is 185 Å². The Bertz CT molecular complexity index is 1080. The van der Waals surface area contributed by atoms with Crippen LogP contribution >= 0.6 is 0 Å². The summed E-state index contributed by atoms with van der Waals surface area (Å²) in [4.78, 5) is 27.3. The van der Waals surface area contributed by atoms with Crippen molar-refractivity contribution in [2.45, 2.75) is 37.8 Å². The lowest BCUT2D eigenvalue weighted by atomic mass is 9.93. The average molecular weight is 435 g/mol. The number of ether oxygens (including phenoxy) is 1. The van der Waals surface area contributed by atoms with E-state index >= 15 is 0 Å². The third-order valence-corrected chi connectivity index (χ3v) is 5.44. The lowest BCUT2D eigenvalue weighted by molar-refractivity contribution is -0.137. The van der Waals surface area contributed by atoms with E-state index in [-0.39, 0.29) is 43.2 Å². The number of carboxylic acid groups (broad SMARTS) is 1. The number of hydrogen-bond acceptors (Lipinski definition) is 6. The number of carboxylic acids is 1. The second-order valence-electron chi connectivity index (χ2n) is 7.63. The number of fused-ring (bicyclic) bond motifs is 1. The molecule has 0 saturated carbocycles. The molecule has 2 atom stereocenters. The van der Waals surface area contributed by atoms with Crippen LogP contribution in [0, 0.1) is 0 Å². The van der Waals surface area contributed by atoms with Crippen LogP contribution in [0.25, 0.3) is 0 Å². The molecule has 0 radical (unpaired) electrons. The number of aliphatic carboxylic acids is 1. The Morgan fingerprint density at radius 2 is 1.88 bits per heavy atom. The Kier molecular flexibility index (Phi) is 6.34. The Hall–Kier alpha value is -3.88. The minimum absolute atomic E-state index is 0.00179. The van der Waals surface area contributed by atoms with Crippen LogP contribution in [-0.4, -0.2) is 38.9 Å². The number of carbonyl (C=O) groups excluding carboxylic acids is 1. The van der Waals surface area contributed by atoms with E-state index in [4.69, 9.17) is 9.84 Å². The molecule has 9 nitrogen and oxygen atoms in total. The molecular weight excluding hydrogens is 410 g/mol. The minimum Gasteiger partial charge on any atom is -0.497 e. The summed E-state index contributed by atoms with van der Waals surface area (Å²) in [6.07, 6.45) is 1.06. The third kappa shape index (κ3) is 4.88. The van der Waals surface area contributed by atoms with Crippen LogP contribution in [0.1, 0.15) is 48.9 Å². The molecule has 0 spiro atoms. The van der Waals surface area contributed by atoms with Gasteiger partial charge in [-0.15, -0.1) is 5.10 Å². The summed E-state index contributed by atoms with van der Waals surface area (Å²) in [6.45, 7) is 0. The second kappa shape index (κ2) is 9.51. The lowest BCUT2D eigenvalue weighted by Gasteiger charge is -2.31. The van der Waals surface area contributed by atoms with Gasteiger partial charge in [-0.25, -0.2) is 4.68 Å². The van der Waals surface area contributed by atoms with Gasteiger partial charge in [0, 0.05) is 12.8 Å². The van der Waals surface area contributed by atoms with Crippen LogP contribution in [0.15, 0.2) is 54.6 Å². The van der Waals surface area contributed by atoms with E-state index in [1.54, 1.807) is 11.8 Å². The van der Waals surface area contributed by atoms with Crippen molar-refractivity contribution in [2.24, 2.45) is 0 Å². The number of amides is 1. The molecule has 32 heavy (non-hydrogen) atoms. The van der Waals surface area contributed by atoms with Crippen LogP contribution in [-0.2, 0) is 9.59 Å². The number of aromatic nitrogens is 3. The lowest BCUT2D eigenvalue weighted by Crippen LogP contribution is -2.28. The summed E-state index contributed by atoms with van der Waals surface area (Å²) < 4.78 is 7.06. The maximum absolute atomic E-state index is 12.2. The summed E-state index contributed by atoms with van der Waals surface area (Å²) in [6, 6.07) is 17.9. The number of nitrogens with zero attached hydrogens (tertiary/aromatic N) is 3. The quantitative estimate of drug-likeness (QED) is 0.494. The molecule has 1 aromatic heterocycles. The van der Waals surface area contributed by atoms with Crippen molar-refractivity contribution < 1.29 is 19.4 Å². The molecule has 0 fully saturated rings. The number of benzene rings is 2. The average Bonchev–Trinajstić information content (AvgIpc) is 3.21. The number of anilines is 2. The smallest absolute Gasteiger partial charge is 0.303 e. The van der Waals surface area contributed by atoms with E-state index in [1.807, 2.05) is 42.5 Å². The zero-order chi connectivity index (χ0) is 22.5. The number of rotatable bonds is 8. The Balaban J connectivity index is 1.57. The van der Waals surface area contributed by atoms with Crippen molar-refractivity contribution in [3.05, 3.63) is 65.7 Å². The van der Waals surface area contributed by atoms with Gasteiger partial charge in [0.2, 0.25) is 11.9 Å². The van der Waals surface area contributed by atoms with E-state index in [9.17, 15) is 9.59 Å². The molecule has 2 heterocycles. The molecule has 0 bridgehead atoms. The van der Waals surface area contributed by atoms with E-state index < -0.39 is 5.97 Å². The molecule has 3 aromatic rings. The Morgan fingerprint density at radius 1 is 1.12 bits per heavy atom. The number of methoxy groups -OCH3 is 1. The molecule has 3 N–H and O–H groups in total. The molecule has 0 aliphatic carbocycles. The highest BCUT2D eigenvalue weighted by Gasteiger charge is 2.31. The van der Waals surface area contributed by atoms with Gasteiger partial charge < -0.3 is 15.2 Å². The number of carbonyl (C=O) groups is 2. The fourth-order valence-corrected chi connectivity index (χ4v) is 3.83. The van der Waals surface area contributed by atoms with Crippen LogP contribution in [0.5, 0.6) is 5.75 Å². The summed E-state index contributed by atoms with van der Waals surface area (Å²) >= 11 is 0. The second-order valence-corrected chi connectivity index (χ2v) is 7.63. The third-order valence-electron chi connectivity index (χ3n) is 5.44. The van der Waals surface area contributed by atoms with Crippen molar-refractivity contribution in [1.29, 1.82) is 0 Å². The normalized spacial score (nSPS) is 17.2. The van der Waals surface area contributed by atoms with Crippen LogP contribution in [0.3, 0.4) is 0 Å². The monoisotopic (exact) mass is 435 g/mol. The highest BCUT2D eigenvalue weighted by Crippen LogP contribution is 2.38. The molecule has 1 aliphatic rings. The first-order valence-electron chi connectivity index (χ1n) is 10.5. The van der Waals surface area contributed by atoms with Gasteiger partial charge in [0.25, 0.3) is 5.95 Å². The van der Waals surface area contributed by atoms with Gasteiger partial charge in [-0.05, 0) is 36.1 Å². The predicted molar refractivity (Wildman–Crippen MR) is 119 cm³/mol. The summed E-state index contributed by atoms with van der Waals surface area (Å²) in [5.41, 5.74) is 2.19. The first-order valence-corrected chi connectivity index (χ1v) is 10.5. The summed E-state index contributed by atoms with van der Waals surface area (Å²) in [5, 5.41) is 19.4. The number of nitrogens with one attached hydrogen (secondary N) is 2. The van der Waals surface area contributed by atoms with Crippen LogP contribution in [0.2, 0.25) is 0 Å². The summed E-state index contributed by atoms with van der Waals surface area (Å²) in [7, 11) is 1.64. The molecule has 9 heteroatoms. The van der Waals surface area contributed by atoms with Crippen molar-refractivity contribution in [3.8, 4) is 5.75 Å². The number of hydrogen-bond donors (Lipinski definition) is 3. The van der Waals surface area contributed by atoms with E-state index in [0.717, 1.165) is 23.3 Å². The fourth-order valence-electron chi connectivity index (χ4n) is 3.83. The van der Waals surface area contributed by atoms with Gasteiger partial charge in [0.05, 0.1) is 19.2 Å². The fraction of sp³-hybridized carbons (Fsp3) is 0.304. The largest absolute Gasteiger partial charge is 0.497 e. The van der Waals surface area contributed by atoms with Crippen molar-refractivity contribution in [1.82, 2.24) is 14.8 Å². The SMILES string of the molecule is COc1ccc([C@@H]2C[C@@H](c3ccccc3)n3nc(NC(=O)CCCC(=O)O)nc3N2)cc1. The maximum atomic E-state index is 12.2. The van der Waals surface area contributed by atoms with Crippen molar-refractivity contribution in [3.63, 3.8) is 0 Å². The topological polar surface area (TPSA) is 118 Å². The molecule has 1 amide bonds. The first-order chi connectivity index (χ1) is 15.5. The maximum Gasteiger partial charge on any atom is 0.303 e. The Morgan fingerprint density at radius 3 is 2.56 bits per heavy atom. The minimum atomic E-state index is -0.923. The zero-order valence-electron chi connectivity index (χ0n) is 17.7. The van der Waals surface area contributed by atoms with Gasteiger partial charge in [0.15, 0.2) is 0 Å². The van der Waals surface area contributed by atoms with Crippen LogP contribution < -0.4 is 15.4 Å². The molecule has 0 saturated heterocycles. The highest BCUT2D eigenvalue weighted by atomic mass is 16.5. The molecule has 166 valence electrons. The van der Waals surface area contributed by atoms with Gasteiger partial charge in [-0.3, -0.25) is 14.9 Å².